The number of amides is 1. The molecule has 1 N–H and O–H groups in total. The van der Waals surface area contributed by atoms with Crippen molar-refractivity contribution in [3.8, 4) is 0 Å². The van der Waals surface area contributed by atoms with Crippen molar-refractivity contribution in [1.82, 2.24) is 10.2 Å². The highest BCUT2D eigenvalue weighted by molar-refractivity contribution is 5.83. The SMILES string of the molecule is CCOC(=O)CC(C(=O)OCC)N(CCCCCNC(=O)OC(C)(C)C)CC(=O)OCC. The summed E-state index contributed by atoms with van der Waals surface area (Å²) in [7, 11) is 0. The van der Waals surface area contributed by atoms with Gasteiger partial charge in [0.25, 0.3) is 0 Å². The molecule has 0 saturated heterocycles. The monoisotopic (exact) mass is 460 g/mol. The highest BCUT2D eigenvalue weighted by Crippen LogP contribution is 2.12. The van der Waals surface area contributed by atoms with E-state index >= 15 is 0 Å². The topological polar surface area (TPSA) is 120 Å². The maximum Gasteiger partial charge on any atom is 0.407 e. The van der Waals surface area contributed by atoms with Crippen LogP contribution in [0.2, 0.25) is 0 Å². The molecule has 0 aliphatic rings. The van der Waals surface area contributed by atoms with Gasteiger partial charge in [0.15, 0.2) is 0 Å². The van der Waals surface area contributed by atoms with Crippen LogP contribution in [-0.4, -0.2) is 80.0 Å². The molecule has 1 amide bonds. The number of carbonyl (C=O) groups excluding carboxylic acids is 4. The molecule has 1 atom stereocenters. The van der Waals surface area contributed by atoms with Gasteiger partial charge in [0.2, 0.25) is 0 Å². The number of alkyl carbamates (subject to hydrolysis) is 1. The Morgan fingerprint density at radius 2 is 1.44 bits per heavy atom. The van der Waals surface area contributed by atoms with E-state index in [0.717, 1.165) is 6.42 Å². The van der Waals surface area contributed by atoms with Gasteiger partial charge < -0.3 is 24.3 Å². The molecule has 0 heterocycles. The van der Waals surface area contributed by atoms with Crippen LogP contribution in [0.15, 0.2) is 0 Å². The van der Waals surface area contributed by atoms with Crippen LogP contribution in [0.4, 0.5) is 4.79 Å². The van der Waals surface area contributed by atoms with Gasteiger partial charge in [-0.05, 0) is 60.9 Å². The Labute approximate surface area is 191 Å². The number of carbonyl (C=O) groups is 4. The fourth-order valence-electron chi connectivity index (χ4n) is 2.82. The second-order valence-corrected chi connectivity index (χ2v) is 8.04. The molecule has 0 aliphatic heterocycles. The molecule has 0 fully saturated rings. The lowest BCUT2D eigenvalue weighted by Gasteiger charge is -2.28. The minimum absolute atomic E-state index is 0.146. The van der Waals surface area contributed by atoms with Crippen molar-refractivity contribution in [2.45, 2.75) is 78.9 Å². The number of nitrogens with one attached hydrogen (secondary N) is 1. The van der Waals surface area contributed by atoms with Crippen LogP contribution < -0.4 is 5.32 Å². The molecule has 0 aromatic rings. The molecule has 0 bridgehead atoms. The largest absolute Gasteiger partial charge is 0.466 e. The Morgan fingerprint density at radius 1 is 0.844 bits per heavy atom. The second-order valence-electron chi connectivity index (χ2n) is 8.04. The molecule has 0 spiro atoms. The van der Waals surface area contributed by atoms with Crippen molar-refractivity contribution in [3.63, 3.8) is 0 Å². The predicted octanol–water partition coefficient (Wildman–Crippen LogP) is 2.43. The normalized spacial score (nSPS) is 12.1. The lowest BCUT2D eigenvalue weighted by molar-refractivity contribution is -0.158. The molecular weight excluding hydrogens is 420 g/mol. The fraction of sp³-hybridized carbons (Fsp3) is 0.818. The third-order valence-electron chi connectivity index (χ3n) is 4.09. The highest BCUT2D eigenvalue weighted by atomic mass is 16.6. The lowest BCUT2D eigenvalue weighted by Crippen LogP contribution is -2.47. The van der Waals surface area contributed by atoms with Crippen LogP contribution in [-0.2, 0) is 33.3 Å². The molecule has 0 radical (unpaired) electrons. The van der Waals surface area contributed by atoms with Crippen LogP contribution in [0.25, 0.3) is 0 Å². The first-order valence-corrected chi connectivity index (χ1v) is 11.2. The van der Waals surface area contributed by atoms with Crippen LogP contribution in [0.1, 0.15) is 67.2 Å². The summed E-state index contributed by atoms with van der Waals surface area (Å²) in [6.45, 7) is 11.7. The number of nitrogens with zero attached hydrogens (tertiary/aromatic N) is 1. The van der Waals surface area contributed by atoms with Crippen molar-refractivity contribution in [1.29, 1.82) is 0 Å². The van der Waals surface area contributed by atoms with Gasteiger partial charge in [-0.25, -0.2) is 4.79 Å². The van der Waals surface area contributed by atoms with Crippen molar-refractivity contribution in [2.75, 3.05) is 39.5 Å². The molecule has 0 saturated carbocycles. The van der Waals surface area contributed by atoms with Crippen molar-refractivity contribution in [2.24, 2.45) is 0 Å². The maximum absolute atomic E-state index is 12.5. The standard InChI is InChI=1S/C22H40N2O8/c1-7-29-18(25)15-17(20(27)31-9-3)24(16-19(26)30-8-2)14-12-10-11-13-23-21(28)32-22(4,5)6/h17H,7-16H2,1-6H3,(H,23,28). The highest BCUT2D eigenvalue weighted by Gasteiger charge is 2.31. The van der Waals surface area contributed by atoms with Crippen LogP contribution >= 0.6 is 0 Å². The van der Waals surface area contributed by atoms with Gasteiger partial charge in [-0.2, -0.15) is 0 Å². The summed E-state index contributed by atoms with van der Waals surface area (Å²) in [5.41, 5.74) is -0.557. The minimum atomic E-state index is -0.946. The van der Waals surface area contributed by atoms with Gasteiger partial charge in [-0.1, -0.05) is 6.42 Å². The van der Waals surface area contributed by atoms with Gasteiger partial charge in [0.05, 0.1) is 32.8 Å². The molecule has 186 valence electrons. The molecule has 0 rings (SSSR count). The van der Waals surface area contributed by atoms with Crippen molar-refractivity contribution in [3.05, 3.63) is 0 Å². The first kappa shape index (κ1) is 29.6. The Bertz CT molecular complexity index is 589. The van der Waals surface area contributed by atoms with Gasteiger partial charge in [0.1, 0.15) is 11.6 Å². The summed E-state index contributed by atoms with van der Waals surface area (Å²) in [4.78, 5) is 49.9. The number of rotatable bonds is 15. The van der Waals surface area contributed by atoms with E-state index in [1.54, 1.807) is 46.4 Å². The Morgan fingerprint density at radius 3 is 2.00 bits per heavy atom. The zero-order chi connectivity index (χ0) is 24.6. The molecule has 10 heteroatoms. The van der Waals surface area contributed by atoms with Crippen LogP contribution in [0.3, 0.4) is 0 Å². The van der Waals surface area contributed by atoms with Crippen molar-refractivity contribution >= 4 is 24.0 Å². The minimum Gasteiger partial charge on any atom is -0.466 e. The number of hydrogen-bond donors (Lipinski definition) is 1. The van der Waals surface area contributed by atoms with Crippen molar-refractivity contribution < 1.29 is 38.1 Å². The summed E-state index contributed by atoms with van der Waals surface area (Å²) >= 11 is 0. The molecule has 10 nitrogen and oxygen atoms in total. The predicted molar refractivity (Wildman–Crippen MR) is 118 cm³/mol. The summed E-state index contributed by atoms with van der Waals surface area (Å²) in [5, 5.41) is 2.69. The Balaban J connectivity index is 4.90. The van der Waals surface area contributed by atoms with E-state index in [9.17, 15) is 19.2 Å². The summed E-state index contributed by atoms with van der Waals surface area (Å²) < 4.78 is 20.3. The Kier molecular flexibility index (Phi) is 15.1. The van der Waals surface area contributed by atoms with Gasteiger partial charge in [0, 0.05) is 6.54 Å². The molecule has 0 aliphatic carbocycles. The maximum atomic E-state index is 12.5. The summed E-state index contributed by atoms with van der Waals surface area (Å²) in [6, 6.07) is -0.946. The van der Waals surface area contributed by atoms with Gasteiger partial charge in [-0.3, -0.25) is 19.3 Å². The molecule has 1 unspecified atom stereocenters. The average Bonchev–Trinajstić information content (AvgIpc) is 2.67. The zero-order valence-electron chi connectivity index (χ0n) is 20.4. The zero-order valence-corrected chi connectivity index (χ0v) is 20.4. The van der Waals surface area contributed by atoms with E-state index in [0.29, 0.717) is 25.9 Å². The first-order valence-electron chi connectivity index (χ1n) is 11.2. The van der Waals surface area contributed by atoms with E-state index in [1.165, 1.54) is 0 Å². The Hall–Kier alpha value is -2.36. The first-order chi connectivity index (χ1) is 15.0. The van der Waals surface area contributed by atoms with E-state index in [2.05, 4.69) is 5.32 Å². The summed E-state index contributed by atoms with van der Waals surface area (Å²) in [6.07, 6.45) is 1.36. The molecular formula is C22H40N2O8. The average molecular weight is 461 g/mol. The third kappa shape index (κ3) is 14.6. The quantitative estimate of drug-likeness (QED) is 0.223. The smallest absolute Gasteiger partial charge is 0.407 e. The number of hydrogen-bond acceptors (Lipinski definition) is 9. The molecule has 32 heavy (non-hydrogen) atoms. The summed E-state index contributed by atoms with van der Waals surface area (Å²) in [5.74, 6) is -1.62. The van der Waals surface area contributed by atoms with E-state index in [4.69, 9.17) is 18.9 Å². The van der Waals surface area contributed by atoms with Gasteiger partial charge in [-0.15, -0.1) is 0 Å². The van der Waals surface area contributed by atoms with E-state index in [1.807, 2.05) is 0 Å². The second kappa shape index (κ2) is 16.3. The van der Waals surface area contributed by atoms with E-state index in [-0.39, 0.29) is 32.8 Å². The van der Waals surface area contributed by atoms with Gasteiger partial charge >= 0.3 is 24.0 Å². The number of ether oxygens (including phenoxy) is 4. The molecule has 0 aromatic heterocycles. The third-order valence-corrected chi connectivity index (χ3v) is 4.09. The number of esters is 3. The number of unbranched alkanes of at least 4 members (excludes halogenated alkanes) is 2. The lowest BCUT2D eigenvalue weighted by atomic mass is 10.1. The van der Waals surface area contributed by atoms with E-state index < -0.39 is 35.6 Å². The van der Waals surface area contributed by atoms with Crippen LogP contribution in [0.5, 0.6) is 0 Å². The van der Waals surface area contributed by atoms with Crippen LogP contribution in [0, 0.1) is 0 Å². The molecule has 0 aromatic carbocycles. The fourth-order valence-corrected chi connectivity index (χ4v) is 2.82.